The first-order chi connectivity index (χ1) is 10.4. The number of halogens is 7. The van der Waals surface area contributed by atoms with Crippen molar-refractivity contribution in [3.05, 3.63) is 34.9 Å². The van der Waals surface area contributed by atoms with Gasteiger partial charge >= 0.3 is 18.4 Å². The molecule has 0 aliphatic heterocycles. The predicted octanol–water partition coefficient (Wildman–Crippen LogP) is 3.29. The molecule has 1 unspecified atom stereocenters. The summed E-state index contributed by atoms with van der Waals surface area (Å²) in [4.78, 5) is 11.4. The van der Waals surface area contributed by atoms with Crippen LogP contribution in [0.15, 0.2) is 18.2 Å². The van der Waals surface area contributed by atoms with Crippen LogP contribution in [-0.2, 0) is 18.9 Å². The molecule has 4 N–H and O–H groups in total. The third-order valence-electron chi connectivity index (χ3n) is 2.69. The number of benzene rings is 1. The van der Waals surface area contributed by atoms with Gasteiger partial charge in [-0.3, -0.25) is 0 Å². The summed E-state index contributed by atoms with van der Waals surface area (Å²) in [5, 5.41) is 4.49. The molecule has 0 bridgehead atoms. The zero-order valence-electron chi connectivity index (χ0n) is 12.4. The van der Waals surface area contributed by atoms with Gasteiger partial charge in [-0.1, -0.05) is 0 Å². The second-order valence-corrected chi connectivity index (χ2v) is 4.95. The van der Waals surface area contributed by atoms with Crippen molar-refractivity contribution in [2.45, 2.75) is 31.9 Å². The number of hydrogen-bond acceptors (Lipinski definition) is 2. The Kier molecular flexibility index (Phi) is 7.84. The number of hydrogen-bond donors (Lipinski definition) is 3. The summed E-state index contributed by atoms with van der Waals surface area (Å²) >= 11 is 0. The molecule has 1 aromatic carbocycles. The zero-order valence-corrected chi connectivity index (χ0v) is 13.2. The summed E-state index contributed by atoms with van der Waals surface area (Å²) in [7, 11) is 0. The van der Waals surface area contributed by atoms with Crippen LogP contribution in [0.1, 0.15) is 23.6 Å². The minimum Gasteiger partial charge on any atom is -0.337 e. The number of carbonyl (C=O) groups excluding carboxylic acids is 1. The van der Waals surface area contributed by atoms with Crippen LogP contribution in [0.3, 0.4) is 0 Å². The van der Waals surface area contributed by atoms with Crippen LogP contribution < -0.4 is 16.4 Å². The number of nitrogens with one attached hydrogen (secondary N) is 2. The maximum absolute atomic E-state index is 12.7. The Morgan fingerprint density at radius 2 is 1.50 bits per heavy atom. The van der Waals surface area contributed by atoms with E-state index in [2.05, 4.69) is 10.6 Å². The molecule has 0 aromatic heterocycles. The molecule has 0 spiro atoms. The number of carbonyl (C=O) groups is 1. The molecule has 0 aliphatic rings. The normalized spacial score (nSPS) is 13.0. The van der Waals surface area contributed by atoms with E-state index < -0.39 is 36.1 Å². The molecule has 0 saturated heterocycles. The SMILES string of the molecule is CC(N)CNC(=O)NCc1cc(C(F)(F)F)cc(C(F)(F)F)c1.Cl. The quantitative estimate of drug-likeness (QED) is 0.703. The lowest BCUT2D eigenvalue weighted by atomic mass is 10.0. The molecule has 1 aromatic rings. The first kappa shape index (κ1) is 22.3. The van der Waals surface area contributed by atoms with Crippen LogP contribution in [0.25, 0.3) is 0 Å². The van der Waals surface area contributed by atoms with Gasteiger partial charge in [0, 0.05) is 19.1 Å². The highest BCUT2D eigenvalue weighted by Gasteiger charge is 2.36. The van der Waals surface area contributed by atoms with E-state index in [1.165, 1.54) is 0 Å². The molecular weight excluding hydrogens is 364 g/mol. The van der Waals surface area contributed by atoms with Crippen LogP contribution >= 0.6 is 12.4 Å². The maximum atomic E-state index is 12.7. The Hall–Kier alpha value is -1.68. The highest BCUT2D eigenvalue weighted by atomic mass is 35.5. The van der Waals surface area contributed by atoms with Gasteiger partial charge < -0.3 is 16.4 Å². The lowest BCUT2D eigenvalue weighted by molar-refractivity contribution is -0.143. The fourth-order valence-corrected chi connectivity index (χ4v) is 1.62. The van der Waals surface area contributed by atoms with Gasteiger partial charge in [-0.05, 0) is 30.7 Å². The lowest BCUT2D eigenvalue weighted by Crippen LogP contribution is -2.41. The van der Waals surface area contributed by atoms with Gasteiger partial charge in [0.05, 0.1) is 11.1 Å². The van der Waals surface area contributed by atoms with Crippen molar-refractivity contribution in [2.24, 2.45) is 5.73 Å². The van der Waals surface area contributed by atoms with E-state index in [1.54, 1.807) is 6.92 Å². The van der Waals surface area contributed by atoms with Crippen molar-refractivity contribution >= 4 is 18.4 Å². The van der Waals surface area contributed by atoms with Gasteiger partial charge in [0.2, 0.25) is 0 Å². The maximum Gasteiger partial charge on any atom is 0.416 e. The highest BCUT2D eigenvalue weighted by molar-refractivity contribution is 5.85. The lowest BCUT2D eigenvalue weighted by Gasteiger charge is -2.15. The minimum atomic E-state index is -4.92. The largest absolute Gasteiger partial charge is 0.416 e. The number of rotatable bonds is 4. The van der Waals surface area contributed by atoms with Gasteiger partial charge in [0.15, 0.2) is 0 Å². The fourth-order valence-electron chi connectivity index (χ4n) is 1.62. The van der Waals surface area contributed by atoms with Crippen LogP contribution in [0.4, 0.5) is 31.1 Å². The van der Waals surface area contributed by atoms with Crippen LogP contribution in [0.5, 0.6) is 0 Å². The van der Waals surface area contributed by atoms with Crippen molar-refractivity contribution in [1.82, 2.24) is 10.6 Å². The highest BCUT2D eigenvalue weighted by Crippen LogP contribution is 2.36. The van der Waals surface area contributed by atoms with E-state index in [-0.39, 0.29) is 36.6 Å². The molecule has 0 radical (unpaired) electrons. The second kappa shape index (κ2) is 8.43. The Morgan fingerprint density at radius 3 is 1.88 bits per heavy atom. The topological polar surface area (TPSA) is 67.1 Å². The van der Waals surface area contributed by atoms with Gasteiger partial charge in [0.1, 0.15) is 0 Å². The molecule has 24 heavy (non-hydrogen) atoms. The van der Waals surface area contributed by atoms with Gasteiger partial charge in [-0.25, -0.2) is 4.79 Å². The average Bonchev–Trinajstić information content (AvgIpc) is 2.40. The van der Waals surface area contributed by atoms with E-state index in [1.807, 2.05) is 0 Å². The molecule has 2 amide bonds. The molecule has 1 atom stereocenters. The van der Waals surface area contributed by atoms with Gasteiger partial charge in [0.25, 0.3) is 0 Å². The van der Waals surface area contributed by atoms with Gasteiger partial charge in [-0.15, -0.1) is 12.4 Å². The fraction of sp³-hybridized carbons (Fsp3) is 0.462. The third kappa shape index (κ3) is 7.26. The predicted molar refractivity (Wildman–Crippen MR) is 77.6 cm³/mol. The first-order valence-corrected chi connectivity index (χ1v) is 6.45. The summed E-state index contributed by atoms with van der Waals surface area (Å²) in [5.74, 6) is 0. The minimum absolute atomic E-state index is 0. The Morgan fingerprint density at radius 1 is 1.04 bits per heavy atom. The molecule has 138 valence electrons. The summed E-state index contributed by atoms with van der Waals surface area (Å²) in [6, 6.07) is 0.0568. The van der Waals surface area contributed by atoms with E-state index in [4.69, 9.17) is 5.73 Å². The van der Waals surface area contributed by atoms with Crippen LogP contribution in [0, 0.1) is 0 Å². The van der Waals surface area contributed by atoms with Crippen LogP contribution in [0.2, 0.25) is 0 Å². The third-order valence-corrected chi connectivity index (χ3v) is 2.69. The number of urea groups is 1. The second-order valence-electron chi connectivity index (χ2n) is 4.95. The zero-order chi connectivity index (χ0) is 17.8. The smallest absolute Gasteiger partial charge is 0.337 e. The molecule has 0 heterocycles. The average molecular weight is 380 g/mol. The van der Waals surface area contributed by atoms with Crippen molar-refractivity contribution in [3.63, 3.8) is 0 Å². The monoisotopic (exact) mass is 379 g/mol. The van der Waals surface area contributed by atoms with Crippen molar-refractivity contribution < 1.29 is 31.1 Å². The van der Waals surface area contributed by atoms with Crippen molar-refractivity contribution in [2.75, 3.05) is 6.54 Å². The standard InChI is InChI=1S/C13H15F6N3O.ClH/c1-7(20)5-21-11(23)22-6-8-2-9(12(14,15)16)4-10(3-8)13(17,18)19;/h2-4,7H,5-6,20H2,1H3,(H2,21,22,23);1H. The molecule has 4 nitrogen and oxygen atoms in total. The van der Waals surface area contributed by atoms with Crippen molar-refractivity contribution in [1.29, 1.82) is 0 Å². The molecule has 0 saturated carbocycles. The Balaban J connectivity index is 0.00000529. The number of nitrogens with two attached hydrogens (primary N) is 1. The van der Waals surface area contributed by atoms with Gasteiger partial charge in [-0.2, -0.15) is 26.3 Å². The molecular formula is C13H16ClF6N3O. The van der Waals surface area contributed by atoms with E-state index in [9.17, 15) is 31.1 Å². The van der Waals surface area contributed by atoms with E-state index >= 15 is 0 Å². The summed E-state index contributed by atoms with van der Waals surface area (Å²) in [5.41, 5.74) is 2.21. The van der Waals surface area contributed by atoms with Crippen molar-refractivity contribution in [3.8, 4) is 0 Å². The molecule has 11 heteroatoms. The number of amides is 2. The first-order valence-electron chi connectivity index (χ1n) is 6.45. The van der Waals surface area contributed by atoms with E-state index in [0.29, 0.717) is 12.1 Å². The summed E-state index contributed by atoms with van der Waals surface area (Å²) in [6.45, 7) is 1.24. The molecule has 0 aliphatic carbocycles. The Labute approximate surface area is 140 Å². The molecule has 0 fully saturated rings. The summed E-state index contributed by atoms with van der Waals surface area (Å²) in [6.07, 6.45) is -9.85. The van der Waals surface area contributed by atoms with E-state index in [0.717, 1.165) is 0 Å². The molecule has 1 rings (SSSR count). The van der Waals surface area contributed by atoms with Crippen LogP contribution in [-0.4, -0.2) is 18.6 Å². The number of alkyl halides is 6. The Bertz CT molecular complexity index is 527. The summed E-state index contributed by atoms with van der Waals surface area (Å²) < 4.78 is 76.0.